The van der Waals surface area contributed by atoms with Crippen molar-refractivity contribution in [2.75, 3.05) is 18.0 Å². The third-order valence-electron chi connectivity index (χ3n) is 4.69. The van der Waals surface area contributed by atoms with Crippen molar-refractivity contribution in [2.24, 2.45) is 0 Å². The van der Waals surface area contributed by atoms with Crippen molar-refractivity contribution in [1.29, 1.82) is 0 Å². The molecule has 5 nitrogen and oxygen atoms in total. The van der Waals surface area contributed by atoms with E-state index in [1.54, 1.807) is 12.4 Å². The fourth-order valence-corrected chi connectivity index (χ4v) is 2.64. The van der Waals surface area contributed by atoms with Crippen molar-refractivity contribution < 1.29 is 9.31 Å². The van der Waals surface area contributed by atoms with E-state index in [0.29, 0.717) is 11.0 Å². The Morgan fingerprint density at radius 2 is 1.73 bits per heavy atom. The van der Waals surface area contributed by atoms with Crippen molar-refractivity contribution >= 4 is 24.7 Å². The first-order valence-electron chi connectivity index (χ1n) is 7.55. The van der Waals surface area contributed by atoms with Crippen molar-refractivity contribution in [3.05, 3.63) is 29.0 Å². The number of aromatic nitrogens is 2. The van der Waals surface area contributed by atoms with Crippen LogP contribution in [0.4, 0.5) is 5.95 Å². The molecule has 1 fully saturated rings. The van der Waals surface area contributed by atoms with Gasteiger partial charge in [-0.1, -0.05) is 17.7 Å². The largest absolute Gasteiger partial charge is 0.490 e. The monoisotopic (exact) mass is 321 g/mol. The van der Waals surface area contributed by atoms with Crippen LogP contribution in [0.15, 0.2) is 23.9 Å². The van der Waals surface area contributed by atoms with Gasteiger partial charge in [0.05, 0.1) is 28.6 Å². The van der Waals surface area contributed by atoms with Crippen molar-refractivity contribution in [1.82, 2.24) is 9.97 Å². The zero-order valence-corrected chi connectivity index (χ0v) is 14.2. The smallest absolute Gasteiger partial charge is 0.400 e. The standard InChI is InChI=1S/C15H21BClN3O2/c1-14(2)15(3,4)22-16(21-14)11-5-7-20(8-6-11)13-18-9-12(17)10-19-13/h5,9-10H,6-8H2,1-4H3. The molecule has 7 heteroatoms. The Balaban J connectivity index is 1.68. The molecule has 0 aliphatic carbocycles. The number of hydrogen-bond acceptors (Lipinski definition) is 5. The van der Waals surface area contributed by atoms with Gasteiger partial charge in [-0.25, -0.2) is 9.97 Å². The highest BCUT2D eigenvalue weighted by Crippen LogP contribution is 2.39. The molecule has 2 aliphatic heterocycles. The molecule has 118 valence electrons. The van der Waals surface area contributed by atoms with Crippen LogP contribution in [0, 0.1) is 0 Å². The van der Waals surface area contributed by atoms with Crippen LogP contribution in [-0.2, 0) is 9.31 Å². The molecule has 0 N–H and O–H groups in total. The molecule has 0 spiro atoms. The van der Waals surface area contributed by atoms with Gasteiger partial charge in [0.25, 0.3) is 0 Å². The average molecular weight is 322 g/mol. The Labute approximate surface area is 136 Å². The summed E-state index contributed by atoms with van der Waals surface area (Å²) >= 11 is 5.82. The van der Waals surface area contributed by atoms with Crippen LogP contribution in [0.5, 0.6) is 0 Å². The number of rotatable bonds is 2. The minimum Gasteiger partial charge on any atom is -0.400 e. The predicted molar refractivity (Wildman–Crippen MR) is 88.0 cm³/mol. The van der Waals surface area contributed by atoms with Crippen LogP contribution in [0.3, 0.4) is 0 Å². The molecule has 0 saturated carbocycles. The number of anilines is 1. The van der Waals surface area contributed by atoms with Crippen LogP contribution in [-0.4, -0.2) is 41.4 Å². The molecule has 2 aliphatic rings. The van der Waals surface area contributed by atoms with Gasteiger partial charge in [-0.2, -0.15) is 0 Å². The first-order chi connectivity index (χ1) is 10.3. The summed E-state index contributed by atoms with van der Waals surface area (Å²) in [5.41, 5.74) is 0.605. The van der Waals surface area contributed by atoms with Crippen LogP contribution in [0.1, 0.15) is 34.1 Å². The van der Waals surface area contributed by atoms with Crippen LogP contribution in [0.25, 0.3) is 0 Å². The lowest BCUT2D eigenvalue weighted by molar-refractivity contribution is 0.00578. The molecule has 1 aromatic heterocycles. The lowest BCUT2D eigenvalue weighted by Crippen LogP contribution is -2.41. The minimum atomic E-state index is -0.297. The first-order valence-corrected chi connectivity index (χ1v) is 7.93. The SMILES string of the molecule is CC1(C)OB(C2=CCN(c3ncc(Cl)cn3)CC2)OC1(C)C. The van der Waals surface area contributed by atoms with E-state index in [1.807, 2.05) is 0 Å². The summed E-state index contributed by atoms with van der Waals surface area (Å²) in [6, 6.07) is 0. The molecule has 1 aromatic rings. The first kappa shape index (κ1) is 15.8. The summed E-state index contributed by atoms with van der Waals surface area (Å²) in [4.78, 5) is 10.6. The fourth-order valence-electron chi connectivity index (χ4n) is 2.54. The van der Waals surface area contributed by atoms with Gasteiger partial charge in [0.1, 0.15) is 0 Å². The Bertz CT molecular complexity index is 573. The lowest BCUT2D eigenvalue weighted by Gasteiger charge is -2.32. The van der Waals surface area contributed by atoms with Gasteiger partial charge in [-0.3, -0.25) is 0 Å². The molecule has 1 saturated heterocycles. The zero-order valence-electron chi connectivity index (χ0n) is 13.5. The predicted octanol–water partition coefficient (Wildman–Crippen LogP) is 2.90. The molecule has 0 bridgehead atoms. The van der Waals surface area contributed by atoms with Crippen LogP contribution in [0.2, 0.25) is 5.02 Å². The van der Waals surface area contributed by atoms with E-state index >= 15 is 0 Å². The topological polar surface area (TPSA) is 47.5 Å². The van der Waals surface area contributed by atoms with E-state index < -0.39 is 0 Å². The molecule has 3 rings (SSSR count). The summed E-state index contributed by atoms with van der Waals surface area (Å²) in [6.07, 6.45) is 6.28. The fraction of sp³-hybridized carbons (Fsp3) is 0.600. The highest BCUT2D eigenvalue weighted by atomic mass is 35.5. The van der Waals surface area contributed by atoms with Crippen LogP contribution >= 0.6 is 11.6 Å². The van der Waals surface area contributed by atoms with E-state index in [2.05, 4.69) is 48.6 Å². The van der Waals surface area contributed by atoms with E-state index in [9.17, 15) is 0 Å². The average Bonchev–Trinajstić information content (AvgIpc) is 2.68. The summed E-state index contributed by atoms with van der Waals surface area (Å²) in [5.74, 6) is 0.702. The maximum atomic E-state index is 6.10. The second-order valence-electron chi connectivity index (χ2n) is 6.76. The van der Waals surface area contributed by atoms with Crippen molar-refractivity contribution in [2.45, 2.75) is 45.3 Å². The summed E-state index contributed by atoms with van der Waals surface area (Å²) < 4.78 is 12.2. The number of nitrogens with zero attached hydrogens (tertiary/aromatic N) is 3. The Morgan fingerprint density at radius 3 is 2.23 bits per heavy atom. The highest BCUT2D eigenvalue weighted by Gasteiger charge is 2.52. The van der Waals surface area contributed by atoms with Gasteiger partial charge < -0.3 is 14.2 Å². The van der Waals surface area contributed by atoms with Crippen LogP contribution < -0.4 is 4.90 Å². The Kier molecular flexibility index (Phi) is 3.95. The molecule has 3 heterocycles. The number of hydrogen-bond donors (Lipinski definition) is 0. The maximum Gasteiger partial charge on any atom is 0.490 e. The van der Waals surface area contributed by atoms with E-state index in [-0.39, 0.29) is 18.3 Å². The van der Waals surface area contributed by atoms with E-state index in [4.69, 9.17) is 20.9 Å². The van der Waals surface area contributed by atoms with Crippen molar-refractivity contribution in [3.8, 4) is 0 Å². The molecule has 0 atom stereocenters. The van der Waals surface area contributed by atoms with Gasteiger partial charge in [0.15, 0.2) is 0 Å². The van der Waals surface area contributed by atoms with Crippen molar-refractivity contribution in [3.63, 3.8) is 0 Å². The second-order valence-corrected chi connectivity index (χ2v) is 7.20. The second kappa shape index (κ2) is 5.51. The van der Waals surface area contributed by atoms with Gasteiger partial charge in [-0.05, 0) is 39.6 Å². The normalized spacial score (nSPS) is 23.6. The Morgan fingerprint density at radius 1 is 1.14 bits per heavy atom. The van der Waals surface area contributed by atoms with E-state index in [0.717, 1.165) is 19.5 Å². The highest BCUT2D eigenvalue weighted by molar-refractivity contribution is 6.54. The summed E-state index contributed by atoms with van der Waals surface area (Å²) in [5, 5.41) is 0.550. The molecule has 0 amide bonds. The zero-order chi connectivity index (χ0) is 16.0. The van der Waals surface area contributed by atoms with E-state index in [1.165, 1.54) is 5.47 Å². The maximum absolute atomic E-state index is 6.10. The van der Waals surface area contributed by atoms with Gasteiger partial charge in [-0.15, -0.1) is 0 Å². The molecule has 0 aromatic carbocycles. The molecule has 22 heavy (non-hydrogen) atoms. The molecular formula is C15H21BClN3O2. The molecular weight excluding hydrogens is 300 g/mol. The number of halogens is 1. The quantitative estimate of drug-likeness (QED) is 0.784. The summed E-state index contributed by atoms with van der Waals surface area (Å²) in [6.45, 7) is 9.89. The Hall–Kier alpha value is -1.11. The summed E-state index contributed by atoms with van der Waals surface area (Å²) in [7, 11) is -0.252. The minimum absolute atomic E-state index is 0.252. The van der Waals surface area contributed by atoms with Gasteiger partial charge >= 0.3 is 7.12 Å². The lowest BCUT2D eigenvalue weighted by atomic mass is 9.75. The van der Waals surface area contributed by atoms with Gasteiger partial charge in [0.2, 0.25) is 5.95 Å². The molecule has 0 unspecified atom stereocenters. The third kappa shape index (κ3) is 2.87. The van der Waals surface area contributed by atoms with Gasteiger partial charge in [0, 0.05) is 13.1 Å². The third-order valence-corrected chi connectivity index (χ3v) is 4.88. The molecule has 0 radical (unpaired) electrons.